The van der Waals surface area contributed by atoms with Crippen LogP contribution >= 0.6 is 11.3 Å². The van der Waals surface area contributed by atoms with E-state index < -0.39 is 5.41 Å². The van der Waals surface area contributed by atoms with Crippen LogP contribution in [0.5, 0.6) is 0 Å². The first-order chi connectivity index (χ1) is 27.8. The number of aromatic nitrogens is 1. The fraction of sp³-hybridized carbons (Fsp3) is 0.0185. The average Bonchev–Trinajstić information content (AvgIpc) is 3.88. The first kappa shape index (κ1) is 30.5. The molecule has 2 heterocycles. The molecule has 1 atom stereocenters. The molecule has 0 N–H and O–H groups in total. The minimum Gasteiger partial charge on any atom is -0.256 e. The third-order valence-electron chi connectivity index (χ3n) is 12.7. The van der Waals surface area contributed by atoms with Crippen LogP contribution in [0, 0.1) is 0 Å². The lowest BCUT2D eigenvalue weighted by Crippen LogP contribution is -2.26. The zero-order valence-electron chi connectivity index (χ0n) is 30.3. The number of thiophene rings is 1. The molecule has 0 radical (unpaired) electrons. The van der Waals surface area contributed by atoms with Gasteiger partial charge in [0, 0.05) is 31.8 Å². The molecule has 258 valence electrons. The summed E-state index contributed by atoms with van der Waals surface area (Å²) in [6.45, 7) is 0. The second-order valence-electron chi connectivity index (χ2n) is 15.3. The molecule has 2 aliphatic rings. The maximum Gasteiger partial charge on any atom is 0.0726 e. The Labute approximate surface area is 327 Å². The molecule has 0 saturated carbocycles. The Morgan fingerprint density at radius 1 is 0.339 bits per heavy atom. The molecule has 1 nitrogen and oxygen atoms in total. The maximum atomic E-state index is 4.87. The van der Waals surface area contributed by atoms with Crippen LogP contribution in [0.15, 0.2) is 188 Å². The van der Waals surface area contributed by atoms with Crippen LogP contribution in [0.1, 0.15) is 22.3 Å². The number of fused-ring (bicyclic) bond motifs is 17. The fourth-order valence-corrected chi connectivity index (χ4v) is 11.7. The van der Waals surface area contributed by atoms with Gasteiger partial charge in [-0.25, -0.2) is 0 Å². The summed E-state index contributed by atoms with van der Waals surface area (Å²) in [5, 5.41) is 8.93. The lowest BCUT2D eigenvalue weighted by molar-refractivity contribution is 0.796. The van der Waals surface area contributed by atoms with Crippen LogP contribution in [-0.4, -0.2) is 4.98 Å². The molecule has 1 unspecified atom stereocenters. The molecule has 0 amide bonds. The third-order valence-corrected chi connectivity index (χ3v) is 13.8. The summed E-state index contributed by atoms with van der Waals surface area (Å²) < 4.78 is 2.67. The van der Waals surface area contributed by atoms with Crippen LogP contribution in [-0.2, 0) is 5.41 Å². The molecule has 13 rings (SSSR count). The van der Waals surface area contributed by atoms with Crippen molar-refractivity contribution in [3.63, 3.8) is 0 Å². The van der Waals surface area contributed by atoms with E-state index in [1.54, 1.807) is 0 Å². The quantitative estimate of drug-likeness (QED) is 0.162. The molecule has 2 heteroatoms. The molecule has 0 bridgehead atoms. The highest BCUT2D eigenvalue weighted by molar-refractivity contribution is 7.25. The van der Waals surface area contributed by atoms with Crippen molar-refractivity contribution in [2.45, 2.75) is 5.41 Å². The van der Waals surface area contributed by atoms with Gasteiger partial charge in [-0.05, 0) is 125 Å². The van der Waals surface area contributed by atoms with Crippen LogP contribution in [0.3, 0.4) is 0 Å². The highest BCUT2D eigenvalue weighted by Gasteiger charge is 2.52. The molecular weight excluding hydrogens is 695 g/mol. The molecule has 0 aliphatic heterocycles. The van der Waals surface area contributed by atoms with Gasteiger partial charge in [-0.15, -0.1) is 11.3 Å². The minimum atomic E-state index is -0.510. The van der Waals surface area contributed by atoms with E-state index in [2.05, 4.69) is 182 Å². The highest BCUT2D eigenvalue weighted by Crippen LogP contribution is 2.65. The van der Waals surface area contributed by atoms with E-state index in [1.807, 2.05) is 17.5 Å². The summed E-state index contributed by atoms with van der Waals surface area (Å²) >= 11 is 1.90. The van der Waals surface area contributed by atoms with Crippen molar-refractivity contribution in [3.05, 3.63) is 210 Å². The lowest BCUT2D eigenvalue weighted by Gasteiger charge is -2.31. The van der Waals surface area contributed by atoms with E-state index in [9.17, 15) is 0 Å². The van der Waals surface area contributed by atoms with Gasteiger partial charge in [0.05, 0.1) is 10.9 Å². The van der Waals surface area contributed by atoms with Gasteiger partial charge < -0.3 is 0 Å². The van der Waals surface area contributed by atoms with E-state index in [4.69, 9.17) is 4.98 Å². The Bertz CT molecular complexity index is 3430. The van der Waals surface area contributed by atoms with Gasteiger partial charge in [-0.2, -0.15) is 0 Å². The standard InChI is InChI=1S/C54H31NS/c1-2-13-32(14-3-1)51-36-17-4-6-19-38(36)52(39-20-7-5-18-37(39)51)33-24-25-40-46(29-33)54(45-26-27-48-41(53(40)45)21-12-28-55-48)44-22-10-8-15-34(44)42-31-50-43(30-47(42)54)35-16-9-11-23-49(35)56-50/h1-31H. The van der Waals surface area contributed by atoms with Crippen molar-refractivity contribution in [1.29, 1.82) is 0 Å². The van der Waals surface area contributed by atoms with Crippen LogP contribution in [0.25, 0.3) is 97.1 Å². The molecular formula is C54H31NS. The number of rotatable bonds is 2. The molecule has 0 fully saturated rings. The topological polar surface area (TPSA) is 12.9 Å². The van der Waals surface area contributed by atoms with Gasteiger partial charge >= 0.3 is 0 Å². The Morgan fingerprint density at radius 3 is 1.77 bits per heavy atom. The van der Waals surface area contributed by atoms with Crippen molar-refractivity contribution in [1.82, 2.24) is 4.98 Å². The summed E-state index contributed by atoms with van der Waals surface area (Å²) in [4.78, 5) is 4.87. The van der Waals surface area contributed by atoms with E-state index in [0.717, 1.165) is 5.52 Å². The van der Waals surface area contributed by atoms with Gasteiger partial charge in [0.15, 0.2) is 0 Å². The molecule has 9 aromatic carbocycles. The molecule has 2 aromatic heterocycles. The fourth-order valence-electron chi connectivity index (χ4n) is 10.6. The first-order valence-electron chi connectivity index (χ1n) is 19.4. The van der Waals surface area contributed by atoms with E-state index in [1.165, 1.54) is 114 Å². The summed E-state index contributed by atoms with van der Waals surface area (Å²) in [5.41, 5.74) is 16.2. The number of hydrogen-bond acceptors (Lipinski definition) is 2. The number of hydrogen-bond donors (Lipinski definition) is 0. The van der Waals surface area contributed by atoms with Crippen molar-refractivity contribution < 1.29 is 0 Å². The van der Waals surface area contributed by atoms with Crippen molar-refractivity contribution in [2.24, 2.45) is 0 Å². The van der Waals surface area contributed by atoms with Gasteiger partial charge in [-0.1, -0.05) is 146 Å². The average molecular weight is 726 g/mol. The SMILES string of the molecule is c1ccc(-c2c3ccccc3c(-c3ccc4c(c3)C3(c5ccccc5-c5cc6sc7ccccc7c6cc53)c3ccc5ncccc5c3-4)c3ccccc23)cc1. The van der Waals surface area contributed by atoms with Crippen LogP contribution < -0.4 is 0 Å². The molecule has 2 aliphatic carbocycles. The smallest absolute Gasteiger partial charge is 0.0726 e. The van der Waals surface area contributed by atoms with Crippen molar-refractivity contribution >= 4 is 64.0 Å². The second kappa shape index (κ2) is 11.1. The normalized spacial score (nSPS) is 15.2. The van der Waals surface area contributed by atoms with Crippen LogP contribution in [0.4, 0.5) is 0 Å². The van der Waals surface area contributed by atoms with Gasteiger partial charge in [0.1, 0.15) is 0 Å². The Morgan fingerprint density at radius 2 is 0.982 bits per heavy atom. The predicted molar refractivity (Wildman–Crippen MR) is 237 cm³/mol. The zero-order chi connectivity index (χ0) is 36.5. The number of benzene rings is 9. The monoisotopic (exact) mass is 725 g/mol. The van der Waals surface area contributed by atoms with Crippen LogP contribution in [0.2, 0.25) is 0 Å². The molecule has 11 aromatic rings. The highest BCUT2D eigenvalue weighted by atomic mass is 32.1. The number of nitrogens with zero attached hydrogens (tertiary/aromatic N) is 1. The Hall–Kier alpha value is -6.87. The minimum absolute atomic E-state index is 0.510. The molecule has 0 saturated heterocycles. The molecule has 56 heavy (non-hydrogen) atoms. The van der Waals surface area contributed by atoms with E-state index >= 15 is 0 Å². The summed E-state index contributed by atoms with van der Waals surface area (Å²) in [6, 6.07) is 68.3. The second-order valence-corrected chi connectivity index (χ2v) is 16.4. The largest absolute Gasteiger partial charge is 0.256 e. The van der Waals surface area contributed by atoms with E-state index in [0.29, 0.717) is 0 Å². The summed E-state index contributed by atoms with van der Waals surface area (Å²) in [5.74, 6) is 0. The van der Waals surface area contributed by atoms with Gasteiger partial charge in [0.2, 0.25) is 0 Å². The predicted octanol–water partition coefficient (Wildman–Crippen LogP) is 14.6. The third kappa shape index (κ3) is 3.82. The maximum absolute atomic E-state index is 4.87. The van der Waals surface area contributed by atoms with Crippen molar-refractivity contribution in [3.8, 4) is 44.5 Å². The van der Waals surface area contributed by atoms with Gasteiger partial charge in [0.25, 0.3) is 0 Å². The summed E-state index contributed by atoms with van der Waals surface area (Å²) in [6.07, 6.45) is 1.91. The van der Waals surface area contributed by atoms with Gasteiger partial charge in [-0.3, -0.25) is 4.98 Å². The molecule has 1 spiro atoms. The van der Waals surface area contributed by atoms with E-state index in [-0.39, 0.29) is 0 Å². The zero-order valence-corrected chi connectivity index (χ0v) is 31.1. The summed E-state index contributed by atoms with van der Waals surface area (Å²) in [7, 11) is 0. The lowest BCUT2D eigenvalue weighted by atomic mass is 9.70. The Kier molecular flexibility index (Phi) is 6.04. The number of pyridine rings is 1. The first-order valence-corrected chi connectivity index (χ1v) is 20.2. The van der Waals surface area contributed by atoms with Crippen molar-refractivity contribution in [2.75, 3.05) is 0 Å². The Balaban J connectivity index is 1.19.